The van der Waals surface area contributed by atoms with Crippen LogP contribution in [-0.4, -0.2) is 28.1 Å². The van der Waals surface area contributed by atoms with E-state index < -0.39 is 0 Å². The smallest absolute Gasteiger partial charge is 0.260 e. The van der Waals surface area contributed by atoms with Crippen molar-refractivity contribution < 1.29 is 14.1 Å². The van der Waals surface area contributed by atoms with Gasteiger partial charge in [0, 0.05) is 24.1 Å². The van der Waals surface area contributed by atoms with Gasteiger partial charge in [0.15, 0.2) is 5.82 Å². The number of rotatable bonds is 5. The number of nitrogens with zero attached hydrogens (tertiary/aromatic N) is 3. The molecule has 8 nitrogen and oxygen atoms in total. The molecule has 3 rings (SSSR count). The molecule has 0 saturated heterocycles. The lowest BCUT2D eigenvalue weighted by molar-refractivity contribution is 0.102. The Morgan fingerprint density at radius 1 is 1.24 bits per heavy atom. The van der Waals surface area contributed by atoms with Crippen LogP contribution in [0, 0.1) is 6.92 Å². The average molecular weight is 360 g/mol. The van der Waals surface area contributed by atoms with Crippen molar-refractivity contribution in [2.75, 3.05) is 17.7 Å². The van der Waals surface area contributed by atoms with Gasteiger partial charge in [0.1, 0.15) is 11.5 Å². The summed E-state index contributed by atoms with van der Waals surface area (Å²) >= 11 is 6.07. The Labute approximate surface area is 148 Å². The minimum absolute atomic E-state index is 0.291. The van der Waals surface area contributed by atoms with Crippen LogP contribution in [-0.2, 0) is 0 Å². The summed E-state index contributed by atoms with van der Waals surface area (Å²) in [5.41, 5.74) is 0.986. The van der Waals surface area contributed by atoms with Gasteiger partial charge >= 0.3 is 0 Å². The zero-order chi connectivity index (χ0) is 17.8. The van der Waals surface area contributed by atoms with Crippen LogP contribution >= 0.6 is 11.6 Å². The van der Waals surface area contributed by atoms with E-state index in [1.54, 1.807) is 38.3 Å². The molecule has 0 aliphatic rings. The van der Waals surface area contributed by atoms with Gasteiger partial charge in [-0.1, -0.05) is 16.8 Å². The van der Waals surface area contributed by atoms with Gasteiger partial charge in [-0.15, -0.1) is 0 Å². The quantitative estimate of drug-likeness (QED) is 0.719. The third kappa shape index (κ3) is 4.04. The molecule has 2 N–H and O–H groups in total. The molecular formula is C16H14ClN5O3. The normalized spacial score (nSPS) is 10.4. The molecule has 0 radical (unpaired) electrons. The molecule has 128 valence electrons. The Kier molecular flexibility index (Phi) is 4.80. The SMILES string of the molecule is COc1ccc(Nc2ncc(C(=O)Nc3cc(C)on3)cn2)cc1Cl. The Bertz CT molecular complexity index is 895. The summed E-state index contributed by atoms with van der Waals surface area (Å²) in [6.07, 6.45) is 2.81. The van der Waals surface area contributed by atoms with E-state index in [4.69, 9.17) is 20.9 Å². The standard InChI is InChI=1S/C16H14ClN5O3/c1-9-5-14(22-25-9)21-15(23)10-7-18-16(19-8-10)20-11-3-4-13(24-2)12(17)6-11/h3-8H,1-2H3,(H,18,19,20)(H,21,22,23). The van der Waals surface area contributed by atoms with Gasteiger partial charge in [-0.05, 0) is 25.1 Å². The molecule has 3 aromatic rings. The summed E-state index contributed by atoms with van der Waals surface area (Å²) in [6.45, 7) is 1.73. The minimum Gasteiger partial charge on any atom is -0.495 e. The molecule has 25 heavy (non-hydrogen) atoms. The number of carbonyl (C=O) groups excluding carboxylic acids is 1. The van der Waals surface area contributed by atoms with Crippen molar-refractivity contribution in [2.24, 2.45) is 0 Å². The van der Waals surface area contributed by atoms with Crippen LogP contribution in [0.15, 0.2) is 41.2 Å². The highest BCUT2D eigenvalue weighted by molar-refractivity contribution is 6.32. The second kappa shape index (κ2) is 7.18. The molecule has 0 fully saturated rings. The minimum atomic E-state index is -0.382. The summed E-state index contributed by atoms with van der Waals surface area (Å²) < 4.78 is 9.98. The highest BCUT2D eigenvalue weighted by atomic mass is 35.5. The van der Waals surface area contributed by atoms with E-state index in [9.17, 15) is 4.79 Å². The highest BCUT2D eigenvalue weighted by Gasteiger charge is 2.10. The van der Waals surface area contributed by atoms with Crippen molar-refractivity contribution in [2.45, 2.75) is 6.92 Å². The number of aromatic nitrogens is 3. The van der Waals surface area contributed by atoms with Gasteiger partial charge in [0.25, 0.3) is 5.91 Å². The Balaban J connectivity index is 1.67. The van der Waals surface area contributed by atoms with Crippen LogP contribution in [0.2, 0.25) is 5.02 Å². The molecule has 0 aliphatic heterocycles. The molecule has 9 heteroatoms. The largest absolute Gasteiger partial charge is 0.495 e. The number of halogens is 1. The maximum atomic E-state index is 12.1. The number of benzene rings is 1. The van der Waals surface area contributed by atoms with Crippen molar-refractivity contribution in [3.8, 4) is 5.75 Å². The molecule has 2 aromatic heterocycles. The first-order valence-corrected chi connectivity index (χ1v) is 7.60. The Hall–Kier alpha value is -3.13. The van der Waals surface area contributed by atoms with Crippen LogP contribution in [0.4, 0.5) is 17.5 Å². The molecule has 0 bridgehead atoms. The van der Waals surface area contributed by atoms with Crippen molar-refractivity contribution in [1.29, 1.82) is 0 Å². The molecular weight excluding hydrogens is 346 g/mol. The Morgan fingerprint density at radius 3 is 2.60 bits per heavy atom. The van der Waals surface area contributed by atoms with Crippen molar-refractivity contribution in [3.63, 3.8) is 0 Å². The van der Waals surface area contributed by atoms with Gasteiger partial charge in [0.2, 0.25) is 5.95 Å². The van der Waals surface area contributed by atoms with Gasteiger partial charge in [-0.2, -0.15) is 0 Å². The van der Waals surface area contributed by atoms with Crippen molar-refractivity contribution in [1.82, 2.24) is 15.1 Å². The van der Waals surface area contributed by atoms with Crippen molar-refractivity contribution in [3.05, 3.63) is 53.0 Å². The summed E-state index contributed by atoms with van der Waals surface area (Å²) in [7, 11) is 1.54. The van der Waals surface area contributed by atoms with Crippen LogP contribution in [0.3, 0.4) is 0 Å². The van der Waals surface area contributed by atoms with E-state index in [-0.39, 0.29) is 5.91 Å². The third-order valence-corrected chi connectivity index (χ3v) is 3.49. The number of aryl methyl sites for hydroxylation is 1. The van der Waals surface area contributed by atoms with E-state index in [0.29, 0.717) is 39.5 Å². The molecule has 0 aliphatic carbocycles. The molecule has 0 saturated carbocycles. The lowest BCUT2D eigenvalue weighted by atomic mass is 10.3. The summed E-state index contributed by atoms with van der Waals surface area (Å²) in [5, 5.41) is 9.75. The highest BCUT2D eigenvalue weighted by Crippen LogP contribution is 2.28. The van der Waals surface area contributed by atoms with Gasteiger partial charge in [-0.25, -0.2) is 9.97 Å². The zero-order valence-electron chi connectivity index (χ0n) is 13.4. The number of hydrogen-bond acceptors (Lipinski definition) is 7. The first-order chi connectivity index (χ1) is 12.0. The van der Waals surface area contributed by atoms with E-state index in [1.165, 1.54) is 12.4 Å². The summed E-state index contributed by atoms with van der Waals surface area (Å²) in [4.78, 5) is 20.3. The van der Waals surface area contributed by atoms with Gasteiger partial charge in [0.05, 0.1) is 17.7 Å². The fourth-order valence-electron chi connectivity index (χ4n) is 2.00. The van der Waals surface area contributed by atoms with Crippen LogP contribution in [0.5, 0.6) is 5.75 Å². The number of anilines is 3. The maximum absolute atomic E-state index is 12.1. The van der Waals surface area contributed by atoms with Gasteiger partial charge < -0.3 is 19.9 Å². The van der Waals surface area contributed by atoms with E-state index in [1.807, 2.05) is 0 Å². The van der Waals surface area contributed by atoms with Crippen molar-refractivity contribution >= 4 is 35.0 Å². The van der Waals surface area contributed by atoms with E-state index >= 15 is 0 Å². The second-order valence-electron chi connectivity index (χ2n) is 5.05. The topological polar surface area (TPSA) is 102 Å². The number of methoxy groups -OCH3 is 1. The fraction of sp³-hybridized carbons (Fsp3) is 0.125. The number of nitrogens with one attached hydrogen (secondary N) is 2. The maximum Gasteiger partial charge on any atom is 0.260 e. The average Bonchev–Trinajstić information content (AvgIpc) is 3.00. The fourth-order valence-corrected chi connectivity index (χ4v) is 2.25. The zero-order valence-corrected chi connectivity index (χ0v) is 14.2. The predicted molar refractivity (Wildman–Crippen MR) is 92.5 cm³/mol. The Morgan fingerprint density at radius 2 is 2.00 bits per heavy atom. The van der Waals surface area contributed by atoms with E-state index in [0.717, 1.165) is 0 Å². The first-order valence-electron chi connectivity index (χ1n) is 7.22. The second-order valence-corrected chi connectivity index (χ2v) is 5.45. The molecule has 2 heterocycles. The van der Waals surface area contributed by atoms with Crippen LogP contribution < -0.4 is 15.4 Å². The molecule has 0 unspecified atom stereocenters. The molecule has 1 amide bonds. The lowest BCUT2D eigenvalue weighted by Crippen LogP contribution is -2.13. The number of carbonyl (C=O) groups is 1. The van der Waals surface area contributed by atoms with Gasteiger partial charge in [-0.3, -0.25) is 4.79 Å². The summed E-state index contributed by atoms with van der Waals surface area (Å²) in [5.74, 6) is 1.45. The number of ether oxygens (including phenoxy) is 1. The molecule has 0 atom stereocenters. The molecule has 1 aromatic carbocycles. The van der Waals surface area contributed by atoms with E-state index in [2.05, 4.69) is 25.8 Å². The van der Waals surface area contributed by atoms with Crippen LogP contribution in [0.1, 0.15) is 16.1 Å². The molecule has 0 spiro atoms. The number of hydrogen-bond donors (Lipinski definition) is 2. The lowest BCUT2D eigenvalue weighted by Gasteiger charge is -2.08. The van der Waals surface area contributed by atoms with Crippen LogP contribution in [0.25, 0.3) is 0 Å². The predicted octanol–water partition coefficient (Wildman–Crippen LogP) is 3.43. The monoisotopic (exact) mass is 359 g/mol. The third-order valence-electron chi connectivity index (χ3n) is 3.19. The summed E-state index contributed by atoms with van der Waals surface area (Å²) in [6, 6.07) is 6.81. The first kappa shape index (κ1) is 16.7. The number of amides is 1.